The number of alkyl halides is 1. The minimum Gasteiger partial charge on any atom is -0.496 e. The zero-order chi connectivity index (χ0) is 14.9. The first-order valence-corrected chi connectivity index (χ1v) is 7.41. The predicted octanol–water partition coefficient (Wildman–Crippen LogP) is 5.54. The molecule has 0 radical (unpaired) electrons. The van der Waals surface area contributed by atoms with Crippen LogP contribution in [-0.4, -0.2) is 7.11 Å². The number of aryl methyl sites for hydroxylation is 1. The van der Waals surface area contributed by atoms with Crippen molar-refractivity contribution < 1.29 is 9.13 Å². The van der Waals surface area contributed by atoms with Crippen LogP contribution in [0.5, 0.6) is 5.75 Å². The molecule has 0 aliphatic heterocycles. The fraction of sp³-hybridized carbons (Fsp3) is 0.250. The number of hydrogen-bond acceptors (Lipinski definition) is 1. The Labute approximate surface area is 131 Å². The number of benzene rings is 2. The standard InChI is InChI=1S/C16H15BrClFO/c1-9-8-13(17)10(2)14(16(9)20-3)15(18)11-4-6-12(19)7-5-11/h4-8,15H,1-3H3. The molecule has 0 spiro atoms. The summed E-state index contributed by atoms with van der Waals surface area (Å²) >= 11 is 10.1. The highest BCUT2D eigenvalue weighted by molar-refractivity contribution is 9.10. The zero-order valence-electron chi connectivity index (χ0n) is 11.5. The van der Waals surface area contributed by atoms with E-state index in [1.165, 1.54) is 12.1 Å². The third-order valence-electron chi connectivity index (χ3n) is 3.33. The maximum absolute atomic E-state index is 13.0. The Morgan fingerprint density at radius 2 is 1.80 bits per heavy atom. The number of halogens is 3. The maximum Gasteiger partial charge on any atom is 0.127 e. The molecule has 0 bridgehead atoms. The fourth-order valence-corrected chi connectivity index (χ4v) is 3.21. The van der Waals surface area contributed by atoms with E-state index in [9.17, 15) is 4.39 Å². The van der Waals surface area contributed by atoms with Crippen molar-refractivity contribution in [1.82, 2.24) is 0 Å². The normalized spacial score (nSPS) is 12.3. The lowest BCUT2D eigenvalue weighted by Gasteiger charge is -2.20. The second-order valence-corrected chi connectivity index (χ2v) is 5.95. The van der Waals surface area contributed by atoms with Crippen molar-refractivity contribution in [3.8, 4) is 5.75 Å². The van der Waals surface area contributed by atoms with Gasteiger partial charge in [0.25, 0.3) is 0 Å². The molecule has 2 aromatic rings. The first-order valence-electron chi connectivity index (χ1n) is 6.18. The summed E-state index contributed by atoms with van der Waals surface area (Å²) in [5.41, 5.74) is 3.78. The molecule has 0 saturated heterocycles. The van der Waals surface area contributed by atoms with Crippen LogP contribution in [0.15, 0.2) is 34.8 Å². The molecule has 106 valence electrons. The molecular formula is C16H15BrClFO. The van der Waals surface area contributed by atoms with Crippen molar-refractivity contribution in [3.63, 3.8) is 0 Å². The first kappa shape index (κ1) is 15.3. The molecule has 0 amide bonds. The monoisotopic (exact) mass is 356 g/mol. The fourth-order valence-electron chi connectivity index (χ4n) is 2.25. The largest absolute Gasteiger partial charge is 0.496 e. The minimum atomic E-state index is -0.387. The topological polar surface area (TPSA) is 9.23 Å². The smallest absolute Gasteiger partial charge is 0.127 e. The molecule has 0 aliphatic carbocycles. The molecule has 2 aromatic carbocycles. The summed E-state index contributed by atoms with van der Waals surface area (Å²) in [5, 5.41) is -0.387. The van der Waals surface area contributed by atoms with E-state index in [4.69, 9.17) is 16.3 Å². The Morgan fingerprint density at radius 3 is 2.35 bits per heavy atom. The second-order valence-electron chi connectivity index (χ2n) is 4.66. The van der Waals surface area contributed by atoms with Crippen molar-refractivity contribution in [2.24, 2.45) is 0 Å². The van der Waals surface area contributed by atoms with Crippen LogP contribution in [0, 0.1) is 19.7 Å². The van der Waals surface area contributed by atoms with Gasteiger partial charge in [-0.3, -0.25) is 0 Å². The lowest BCUT2D eigenvalue weighted by Crippen LogP contribution is -2.03. The van der Waals surface area contributed by atoms with Gasteiger partial charge in [0.1, 0.15) is 11.6 Å². The predicted molar refractivity (Wildman–Crippen MR) is 84.3 cm³/mol. The molecule has 0 aliphatic rings. The van der Waals surface area contributed by atoms with Crippen LogP contribution in [0.4, 0.5) is 4.39 Å². The summed E-state index contributed by atoms with van der Waals surface area (Å²) in [6.45, 7) is 3.96. The average molecular weight is 358 g/mol. The summed E-state index contributed by atoms with van der Waals surface area (Å²) in [6, 6.07) is 8.23. The molecular weight excluding hydrogens is 343 g/mol. The molecule has 0 saturated carbocycles. The van der Waals surface area contributed by atoms with E-state index < -0.39 is 0 Å². The van der Waals surface area contributed by atoms with Crippen LogP contribution in [0.25, 0.3) is 0 Å². The van der Waals surface area contributed by atoms with Crippen molar-refractivity contribution >= 4 is 27.5 Å². The Bertz CT molecular complexity index is 625. The summed E-state index contributed by atoms with van der Waals surface area (Å²) in [6.07, 6.45) is 0. The molecule has 1 atom stereocenters. The van der Waals surface area contributed by atoms with Crippen LogP contribution >= 0.6 is 27.5 Å². The van der Waals surface area contributed by atoms with Crippen molar-refractivity contribution in [2.45, 2.75) is 19.2 Å². The van der Waals surface area contributed by atoms with E-state index in [0.29, 0.717) is 0 Å². The highest BCUT2D eigenvalue weighted by Crippen LogP contribution is 2.41. The SMILES string of the molecule is COc1c(C)cc(Br)c(C)c1C(Cl)c1ccc(F)cc1. The lowest BCUT2D eigenvalue weighted by molar-refractivity contribution is 0.406. The Morgan fingerprint density at radius 1 is 1.20 bits per heavy atom. The second kappa shape index (κ2) is 6.15. The van der Waals surface area contributed by atoms with Gasteiger partial charge in [-0.1, -0.05) is 28.1 Å². The van der Waals surface area contributed by atoms with Crippen molar-refractivity contribution in [3.05, 3.63) is 62.9 Å². The van der Waals surface area contributed by atoms with Gasteiger partial charge in [0, 0.05) is 10.0 Å². The van der Waals surface area contributed by atoms with E-state index in [1.807, 2.05) is 19.9 Å². The quantitative estimate of drug-likeness (QED) is 0.655. The van der Waals surface area contributed by atoms with Crippen molar-refractivity contribution in [2.75, 3.05) is 7.11 Å². The maximum atomic E-state index is 13.0. The van der Waals surface area contributed by atoms with Crippen LogP contribution in [0.1, 0.15) is 27.6 Å². The van der Waals surface area contributed by atoms with Crippen molar-refractivity contribution in [1.29, 1.82) is 0 Å². The molecule has 0 aromatic heterocycles. The Hall–Kier alpha value is -1.06. The lowest BCUT2D eigenvalue weighted by atomic mass is 9.96. The van der Waals surface area contributed by atoms with E-state index in [2.05, 4.69) is 15.9 Å². The molecule has 0 heterocycles. The van der Waals surface area contributed by atoms with Gasteiger partial charge in [0.05, 0.1) is 12.5 Å². The minimum absolute atomic E-state index is 0.272. The molecule has 4 heteroatoms. The van der Waals surface area contributed by atoms with Gasteiger partial charge in [0.15, 0.2) is 0 Å². The molecule has 1 nitrogen and oxygen atoms in total. The zero-order valence-corrected chi connectivity index (χ0v) is 13.8. The van der Waals surface area contributed by atoms with E-state index in [-0.39, 0.29) is 11.2 Å². The van der Waals surface area contributed by atoms with Gasteiger partial charge in [0.2, 0.25) is 0 Å². The molecule has 20 heavy (non-hydrogen) atoms. The molecule has 1 unspecified atom stereocenters. The molecule has 0 N–H and O–H groups in total. The molecule has 0 fully saturated rings. The molecule has 2 rings (SSSR count). The van der Waals surface area contributed by atoms with Gasteiger partial charge in [-0.25, -0.2) is 4.39 Å². The Balaban J connectivity index is 2.58. The van der Waals surface area contributed by atoms with Gasteiger partial charge in [-0.15, -0.1) is 11.6 Å². The van der Waals surface area contributed by atoms with Crippen LogP contribution in [0.3, 0.4) is 0 Å². The first-order chi connectivity index (χ1) is 9.45. The summed E-state index contributed by atoms with van der Waals surface area (Å²) in [5.74, 6) is 0.502. The highest BCUT2D eigenvalue weighted by atomic mass is 79.9. The van der Waals surface area contributed by atoms with Gasteiger partial charge in [-0.05, 0) is 48.7 Å². The van der Waals surface area contributed by atoms with Gasteiger partial charge < -0.3 is 4.74 Å². The van der Waals surface area contributed by atoms with Crippen LogP contribution < -0.4 is 4.74 Å². The highest BCUT2D eigenvalue weighted by Gasteiger charge is 2.21. The summed E-state index contributed by atoms with van der Waals surface area (Å²) in [7, 11) is 1.63. The summed E-state index contributed by atoms with van der Waals surface area (Å²) < 4.78 is 19.5. The van der Waals surface area contributed by atoms with Crippen LogP contribution in [-0.2, 0) is 0 Å². The number of methoxy groups -OCH3 is 1. The van der Waals surface area contributed by atoms with E-state index >= 15 is 0 Å². The number of hydrogen-bond donors (Lipinski definition) is 0. The Kier molecular flexibility index (Phi) is 4.71. The third-order valence-corrected chi connectivity index (χ3v) is 4.62. The summed E-state index contributed by atoms with van der Waals surface area (Å²) in [4.78, 5) is 0. The average Bonchev–Trinajstić information content (AvgIpc) is 2.42. The number of ether oxygens (including phenoxy) is 1. The number of rotatable bonds is 3. The van der Waals surface area contributed by atoms with E-state index in [1.54, 1.807) is 19.2 Å². The van der Waals surface area contributed by atoms with E-state index in [0.717, 1.165) is 32.5 Å². The van der Waals surface area contributed by atoms with Gasteiger partial charge >= 0.3 is 0 Å². The van der Waals surface area contributed by atoms with Gasteiger partial charge in [-0.2, -0.15) is 0 Å². The third kappa shape index (κ3) is 2.84. The van der Waals surface area contributed by atoms with Crippen LogP contribution in [0.2, 0.25) is 0 Å².